The van der Waals surface area contributed by atoms with Crippen LogP contribution in [0.4, 0.5) is 0 Å². The summed E-state index contributed by atoms with van der Waals surface area (Å²) < 4.78 is 0. The second-order valence-electron chi connectivity index (χ2n) is 5.64. The molecule has 2 heterocycles. The first-order chi connectivity index (χ1) is 9.51. The average molecular weight is 296 g/mol. The van der Waals surface area contributed by atoms with E-state index >= 15 is 0 Å². The maximum atomic E-state index is 11.6. The van der Waals surface area contributed by atoms with Gasteiger partial charge in [-0.05, 0) is 52.0 Å². The van der Waals surface area contributed by atoms with Crippen molar-refractivity contribution in [2.75, 3.05) is 27.2 Å². The van der Waals surface area contributed by atoms with E-state index in [1.54, 1.807) is 0 Å². The molecule has 1 saturated heterocycles. The summed E-state index contributed by atoms with van der Waals surface area (Å²) in [5.41, 5.74) is 3.42. The van der Waals surface area contributed by atoms with Crippen LogP contribution in [-0.2, 0) is 6.54 Å². The first-order valence-electron chi connectivity index (χ1n) is 7.00. The predicted molar refractivity (Wildman–Crippen MR) is 82.7 cm³/mol. The zero-order chi connectivity index (χ0) is 14.7. The number of amides is 1. The molecule has 1 aliphatic heterocycles. The van der Waals surface area contributed by atoms with Gasteiger partial charge in [-0.3, -0.25) is 15.1 Å². The summed E-state index contributed by atoms with van der Waals surface area (Å²) in [5, 5.41) is 0. The standard InChI is InChI=1S/C14H24N4OS/c1-10-11(7-13(20-10)14(19)16-15)8-18(3)12-5-4-6-17(2)9-12/h7,12H,4-6,8-9,15H2,1-3H3,(H,16,19). The number of hydrazine groups is 1. The van der Waals surface area contributed by atoms with Crippen LogP contribution in [0, 0.1) is 6.92 Å². The van der Waals surface area contributed by atoms with E-state index in [9.17, 15) is 4.79 Å². The Hall–Kier alpha value is -0.950. The summed E-state index contributed by atoms with van der Waals surface area (Å²) in [4.78, 5) is 18.2. The Morgan fingerprint density at radius 1 is 1.65 bits per heavy atom. The van der Waals surface area contributed by atoms with Crippen molar-refractivity contribution in [2.45, 2.75) is 32.4 Å². The van der Waals surface area contributed by atoms with E-state index in [4.69, 9.17) is 5.84 Å². The number of nitrogens with one attached hydrogen (secondary N) is 1. The number of piperidine rings is 1. The van der Waals surface area contributed by atoms with Crippen molar-refractivity contribution in [3.63, 3.8) is 0 Å². The molecule has 5 nitrogen and oxygen atoms in total. The molecule has 3 N–H and O–H groups in total. The van der Waals surface area contributed by atoms with Crippen molar-refractivity contribution in [1.82, 2.24) is 15.2 Å². The molecule has 1 aliphatic rings. The fraction of sp³-hybridized carbons (Fsp3) is 0.643. The second-order valence-corrected chi connectivity index (χ2v) is 6.90. The summed E-state index contributed by atoms with van der Waals surface area (Å²) in [7, 11) is 4.35. The van der Waals surface area contributed by atoms with Gasteiger partial charge in [-0.15, -0.1) is 11.3 Å². The van der Waals surface area contributed by atoms with Crippen LogP contribution in [0.1, 0.15) is 33.0 Å². The molecule has 1 aromatic rings. The lowest BCUT2D eigenvalue weighted by atomic mass is 10.0. The van der Waals surface area contributed by atoms with Crippen molar-refractivity contribution in [3.05, 3.63) is 21.4 Å². The summed E-state index contributed by atoms with van der Waals surface area (Å²) in [6, 6.07) is 2.56. The maximum Gasteiger partial charge on any atom is 0.275 e. The first kappa shape index (κ1) is 15.4. The number of likely N-dealkylation sites (N-methyl/N-ethyl adjacent to an activating group) is 2. The number of carbonyl (C=O) groups excluding carboxylic acids is 1. The Morgan fingerprint density at radius 2 is 2.40 bits per heavy atom. The third-order valence-electron chi connectivity index (χ3n) is 4.02. The van der Waals surface area contributed by atoms with Gasteiger partial charge in [0.05, 0.1) is 4.88 Å². The van der Waals surface area contributed by atoms with Gasteiger partial charge in [0, 0.05) is 24.0 Å². The number of hydrogen-bond acceptors (Lipinski definition) is 5. The van der Waals surface area contributed by atoms with E-state index in [0.29, 0.717) is 10.9 Å². The van der Waals surface area contributed by atoms with Gasteiger partial charge in [0.1, 0.15) is 0 Å². The predicted octanol–water partition coefficient (Wildman–Crippen LogP) is 1.19. The van der Waals surface area contributed by atoms with Crippen LogP contribution < -0.4 is 11.3 Å². The summed E-state index contributed by atoms with van der Waals surface area (Å²) in [5.74, 6) is 4.98. The number of likely N-dealkylation sites (tertiary alicyclic amines) is 1. The fourth-order valence-electron chi connectivity index (χ4n) is 2.76. The van der Waals surface area contributed by atoms with Gasteiger partial charge in [-0.2, -0.15) is 0 Å². The summed E-state index contributed by atoms with van der Waals surface area (Å²) in [6.45, 7) is 5.27. The molecule has 2 rings (SSSR count). The Bertz CT molecular complexity index is 474. The minimum Gasteiger partial charge on any atom is -0.305 e. The molecule has 0 radical (unpaired) electrons. The fourth-order valence-corrected chi connectivity index (χ4v) is 3.69. The Morgan fingerprint density at radius 3 is 3.05 bits per heavy atom. The van der Waals surface area contributed by atoms with Crippen LogP contribution in [-0.4, -0.2) is 48.9 Å². The monoisotopic (exact) mass is 296 g/mol. The van der Waals surface area contributed by atoms with Gasteiger partial charge in [0.15, 0.2) is 0 Å². The molecule has 112 valence electrons. The van der Waals surface area contributed by atoms with E-state index < -0.39 is 0 Å². The SMILES string of the molecule is Cc1sc(C(=O)NN)cc1CN(C)C1CCCN(C)C1. The number of hydrogen-bond donors (Lipinski definition) is 2. The number of rotatable bonds is 4. The number of nitrogens with two attached hydrogens (primary N) is 1. The minimum absolute atomic E-state index is 0.204. The highest BCUT2D eigenvalue weighted by atomic mass is 32.1. The second kappa shape index (κ2) is 6.67. The van der Waals surface area contributed by atoms with Crippen LogP contribution in [0.3, 0.4) is 0 Å². The van der Waals surface area contributed by atoms with Gasteiger partial charge in [-0.25, -0.2) is 5.84 Å². The molecular weight excluding hydrogens is 272 g/mol. The molecule has 20 heavy (non-hydrogen) atoms. The smallest absolute Gasteiger partial charge is 0.275 e. The zero-order valence-corrected chi connectivity index (χ0v) is 13.3. The molecule has 0 spiro atoms. The molecule has 0 aliphatic carbocycles. The minimum atomic E-state index is -0.204. The van der Waals surface area contributed by atoms with Crippen molar-refractivity contribution in [2.24, 2.45) is 5.84 Å². The van der Waals surface area contributed by atoms with Gasteiger partial charge >= 0.3 is 0 Å². The first-order valence-corrected chi connectivity index (χ1v) is 7.82. The van der Waals surface area contributed by atoms with E-state index in [0.717, 1.165) is 13.1 Å². The maximum absolute atomic E-state index is 11.6. The molecule has 1 aromatic heterocycles. The van der Waals surface area contributed by atoms with Gasteiger partial charge in [0.2, 0.25) is 0 Å². The van der Waals surface area contributed by atoms with Crippen LogP contribution >= 0.6 is 11.3 Å². The summed E-state index contributed by atoms with van der Waals surface area (Å²) >= 11 is 1.51. The Labute approximate surface area is 124 Å². The third kappa shape index (κ3) is 3.58. The number of thiophene rings is 1. The Balaban J connectivity index is 2.02. The summed E-state index contributed by atoms with van der Waals surface area (Å²) in [6.07, 6.45) is 2.51. The molecule has 6 heteroatoms. The lowest BCUT2D eigenvalue weighted by Crippen LogP contribution is -2.44. The number of nitrogen functional groups attached to an aromatic ring is 1. The number of nitrogens with zero attached hydrogens (tertiary/aromatic N) is 2. The number of aryl methyl sites for hydroxylation is 1. The average Bonchev–Trinajstić information content (AvgIpc) is 2.79. The van der Waals surface area contributed by atoms with E-state index in [2.05, 4.69) is 36.2 Å². The largest absolute Gasteiger partial charge is 0.305 e. The van der Waals surface area contributed by atoms with Crippen LogP contribution in [0.15, 0.2) is 6.07 Å². The normalized spacial score (nSPS) is 20.4. The molecule has 0 saturated carbocycles. The van der Waals surface area contributed by atoms with Crippen LogP contribution in [0.5, 0.6) is 0 Å². The molecule has 1 atom stereocenters. The van der Waals surface area contributed by atoms with Crippen LogP contribution in [0.2, 0.25) is 0 Å². The van der Waals surface area contributed by atoms with Crippen LogP contribution in [0.25, 0.3) is 0 Å². The lowest BCUT2D eigenvalue weighted by molar-refractivity contribution is 0.0957. The van der Waals surface area contributed by atoms with Crippen molar-refractivity contribution < 1.29 is 4.79 Å². The highest BCUT2D eigenvalue weighted by Crippen LogP contribution is 2.24. The number of carbonyl (C=O) groups is 1. The molecule has 1 amide bonds. The van der Waals surface area contributed by atoms with Gasteiger partial charge in [-0.1, -0.05) is 0 Å². The van der Waals surface area contributed by atoms with E-state index in [1.807, 2.05) is 6.07 Å². The van der Waals surface area contributed by atoms with Crippen molar-refractivity contribution in [3.8, 4) is 0 Å². The van der Waals surface area contributed by atoms with Crippen molar-refractivity contribution >= 4 is 17.2 Å². The molecule has 0 aromatic carbocycles. The molecule has 0 bridgehead atoms. The third-order valence-corrected chi connectivity index (χ3v) is 5.11. The zero-order valence-electron chi connectivity index (χ0n) is 12.5. The Kier molecular flexibility index (Phi) is 5.15. The van der Waals surface area contributed by atoms with E-state index in [-0.39, 0.29) is 5.91 Å². The highest BCUT2D eigenvalue weighted by Gasteiger charge is 2.22. The van der Waals surface area contributed by atoms with E-state index in [1.165, 1.54) is 41.2 Å². The topological polar surface area (TPSA) is 61.6 Å². The van der Waals surface area contributed by atoms with Crippen molar-refractivity contribution in [1.29, 1.82) is 0 Å². The lowest BCUT2D eigenvalue weighted by Gasteiger charge is -2.35. The van der Waals surface area contributed by atoms with Gasteiger partial charge < -0.3 is 4.90 Å². The van der Waals surface area contributed by atoms with Gasteiger partial charge in [0.25, 0.3) is 5.91 Å². The molecule has 1 unspecified atom stereocenters. The molecular formula is C14H24N4OS. The quantitative estimate of drug-likeness (QED) is 0.498. The highest BCUT2D eigenvalue weighted by molar-refractivity contribution is 7.14. The molecule has 1 fully saturated rings.